The lowest BCUT2D eigenvalue weighted by Crippen LogP contribution is -2.31. The van der Waals surface area contributed by atoms with Gasteiger partial charge in [0.05, 0.1) is 24.8 Å². The number of halogens is 2. The molecule has 0 N–H and O–H groups in total. The summed E-state index contributed by atoms with van der Waals surface area (Å²) in [5.74, 6) is -1.41. The predicted molar refractivity (Wildman–Crippen MR) is 73.5 cm³/mol. The zero-order chi connectivity index (χ0) is 14.8. The molecule has 2 rings (SSSR count). The second kappa shape index (κ2) is 6.07. The third kappa shape index (κ3) is 3.76. The van der Waals surface area contributed by atoms with Gasteiger partial charge in [0, 0.05) is 5.56 Å². The van der Waals surface area contributed by atoms with Gasteiger partial charge in [0.1, 0.15) is 11.9 Å². The first-order valence-electron chi connectivity index (χ1n) is 5.83. The zero-order valence-corrected chi connectivity index (χ0v) is 13.1. The highest BCUT2D eigenvalue weighted by Gasteiger charge is 2.42. The van der Waals surface area contributed by atoms with Crippen molar-refractivity contribution in [1.29, 1.82) is 0 Å². The van der Waals surface area contributed by atoms with Crippen LogP contribution in [0.15, 0.2) is 24.3 Å². The van der Waals surface area contributed by atoms with Crippen LogP contribution in [0.25, 0.3) is 0 Å². The van der Waals surface area contributed by atoms with Crippen LogP contribution >= 0.6 is 15.9 Å². The molecular weight excluding hydrogens is 355 g/mol. The number of rotatable bonds is 5. The predicted octanol–water partition coefficient (Wildman–Crippen LogP) is 1.77. The van der Waals surface area contributed by atoms with Gasteiger partial charge in [-0.1, -0.05) is 28.1 Å². The standard InChI is InChI=1S/C12H14BrFO5S/c1-20(15,16)18-7-11-6-17-12(8-13,19-11)9-2-4-10(14)5-3-9/h2-5,11H,6-8H2,1H3/t11-,12-/m0/s1. The van der Waals surface area contributed by atoms with Gasteiger partial charge in [-0.25, -0.2) is 4.39 Å². The summed E-state index contributed by atoms with van der Waals surface area (Å²) in [4.78, 5) is 0. The molecule has 1 aliphatic rings. The molecule has 0 unspecified atom stereocenters. The maximum atomic E-state index is 13.0. The van der Waals surface area contributed by atoms with Crippen molar-refractivity contribution in [3.05, 3.63) is 35.6 Å². The number of ether oxygens (including phenoxy) is 2. The van der Waals surface area contributed by atoms with Crippen LogP contribution in [0.2, 0.25) is 0 Å². The Morgan fingerprint density at radius 1 is 1.45 bits per heavy atom. The molecule has 1 aliphatic heterocycles. The minimum atomic E-state index is -3.52. The third-order valence-corrected chi connectivity index (χ3v) is 4.09. The highest BCUT2D eigenvalue weighted by molar-refractivity contribution is 9.09. The van der Waals surface area contributed by atoms with E-state index in [1.165, 1.54) is 12.1 Å². The van der Waals surface area contributed by atoms with Gasteiger partial charge in [0.25, 0.3) is 10.1 Å². The van der Waals surface area contributed by atoms with Crippen LogP contribution in [0.4, 0.5) is 4.39 Å². The second-order valence-electron chi connectivity index (χ2n) is 4.43. The van der Waals surface area contributed by atoms with Crippen molar-refractivity contribution >= 4 is 26.0 Å². The molecule has 1 fully saturated rings. The van der Waals surface area contributed by atoms with Crippen LogP contribution < -0.4 is 0 Å². The molecule has 112 valence electrons. The topological polar surface area (TPSA) is 61.8 Å². The van der Waals surface area contributed by atoms with Crippen LogP contribution in [0.5, 0.6) is 0 Å². The summed E-state index contributed by atoms with van der Waals surface area (Å²) in [6.07, 6.45) is 0.466. The molecule has 8 heteroatoms. The molecule has 0 bridgehead atoms. The monoisotopic (exact) mass is 368 g/mol. The molecule has 5 nitrogen and oxygen atoms in total. The van der Waals surface area contributed by atoms with Crippen LogP contribution in [0, 0.1) is 5.82 Å². The van der Waals surface area contributed by atoms with E-state index in [0.717, 1.165) is 6.26 Å². The first-order chi connectivity index (χ1) is 9.35. The average Bonchev–Trinajstić information content (AvgIpc) is 2.81. The van der Waals surface area contributed by atoms with Crippen LogP contribution in [0.1, 0.15) is 5.56 Å². The maximum Gasteiger partial charge on any atom is 0.264 e. The van der Waals surface area contributed by atoms with E-state index in [9.17, 15) is 12.8 Å². The van der Waals surface area contributed by atoms with Gasteiger partial charge in [0.15, 0.2) is 0 Å². The third-order valence-electron chi connectivity index (χ3n) is 2.79. The fraction of sp³-hybridized carbons (Fsp3) is 0.500. The number of hydrogen-bond acceptors (Lipinski definition) is 5. The number of alkyl halides is 1. The zero-order valence-electron chi connectivity index (χ0n) is 10.7. The van der Waals surface area contributed by atoms with Gasteiger partial charge in [-0.15, -0.1) is 0 Å². The van der Waals surface area contributed by atoms with Gasteiger partial charge >= 0.3 is 0 Å². The number of hydrogen-bond donors (Lipinski definition) is 0. The Morgan fingerprint density at radius 2 is 2.10 bits per heavy atom. The molecule has 0 spiro atoms. The van der Waals surface area contributed by atoms with Gasteiger partial charge in [-0.3, -0.25) is 4.18 Å². The highest BCUT2D eigenvalue weighted by Crippen LogP contribution is 2.36. The van der Waals surface area contributed by atoms with Crippen molar-refractivity contribution < 1.29 is 26.5 Å². The SMILES string of the molecule is CS(=O)(=O)OC[C@@H]1CO[C@](CBr)(c2ccc(F)cc2)O1. The van der Waals surface area contributed by atoms with E-state index in [1.54, 1.807) is 12.1 Å². The summed E-state index contributed by atoms with van der Waals surface area (Å²) in [5, 5.41) is 0.334. The van der Waals surface area contributed by atoms with Crippen LogP contribution in [-0.4, -0.2) is 39.3 Å². The highest BCUT2D eigenvalue weighted by atomic mass is 79.9. The molecule has 0 amide bonds. The van der Waals surface area contributed by atoms with Gasteiger partial charge < -0.3 is 9.47 Å². The summed E-state index contributed by atoms with van der Waals surface area (Å²) < 4.78 is 50.9. The van der Waals surface area contributed by atoms with E-state index in [2.05, 4.69) is 15.9 Å². The first kappa shape index (κ1) is 15.8. The minimum absolute atomic E-state index is 0.116. The largest absolute Gasteiger partial charge is 0.342 e. The Morgan fingerprint density at radius 3 is 2.65 bits per heavy atom. The van der Waals surface area contributed by atoms with E-state index in [1.807, 2.05) is 0 Å². The molecule has 1 aromatic carbocycles. The fourth-order valence-corrected chi connectivity index (χ4v) is 2.87. The quantitative estimate of drug-likeness (QED) is 0.585. The fourth-order valence-electron chi connectivity index (χ4n) is 1.85. The molecule has 0 aromatic heterocycles. The molecule has 20 heavy (non-hydrogen) atoms. The summed E-state index contributed by atoms with van der Waals surface area (Å²) in [6.45, 7) is 0.0767. The summed E-state index contributed by atoms with van der Waals surface area (Å²) in [5.41, 5.74) is 0.651. The molecular formula is C12H14BrFO5S. The molecule has 2 atom stereocenters. The Kier molecular flexibility index (Phi) is 4.80. The minimum Gasteiger partial charge on any atom is -0.342 e. The van der Waals surface area contributed by atoms with E-state index in [4.69, 9.17) is 13.7 Å². The van der Waals surface area contributed by atoms with Crippen molar-refractivity contribution in [2.75, 3.05) is 24.8 Å². The Bertz CT molecular complexity index is 562. The van der Waals surface area contributed by atoms with Crippen molar-refractivity contribution in [2.24, 2.45) is 0 Å². The molecule has 0 radical (unpaired) electrons. The molecule has 1 heterocycles. The smallest absolute Gasteiger partial charge is 0.264 e. The number of benzene rings is 1. The molecule has 0 saturated carbocycles. The van der Waals surface area contributed by atoms with Gasteiger partial charge in [-0.2, -0.15) is 8.42 Å². The van der Waals surface area contributed by atoms with Gasteiger partial charge in [-0.05, 0) is 12.1 Å². The normalized spacial score (nSPS) is 26.9. The molecule has 1 aromatic rings. The summed E-state index contributed by atoms with van der Waals surface area (Å²) in [7, 11) is -3.52. The lowest BCUT2D eigenvalue weighted by atomic mass is 10.1. The molecule has 0 aliphatic carbocycles. The van der Waals surface area contributed by atoms with E-state index < -0.39 is 22.0 Å². The van der Waals surface area contributed by atoms with Crippen molar-refractivity contribution in [3.63, 3.8) is 0 Å². The van der Waals surface area contributed by atoms with Crippen molar-refractivity contribution in [1.82, 2.24) is 0 Å². The van der Waals surface area contributed by atoms with E-state index >= 15 is 0 Å². The lowest BCUT2D eigenvalue weighted by molar-refractivity contribution is -0.159. The average molecular weight is 369 g/mol. The first-order valence-corrected chi connectivity index (χ1v) is 8.77. The van der Waals surface area contributed by atoms with Gasteiger partial charge in [0.2, 0.25) is 5.79 Å². The Labute approximate surface area is 125 Å². The van der Waals surface area contributed by atoms with E-state index in [0.29, 0.717) is 10.9 Å². The van der Waals surface area contributed by atoms with Crippen LogP contribution in [0.3, 0.4) is 0 Å². The lowest BCUT2D eigenvalue weighted by Gasteiger charge is -2.26. The molecule has 1 saturated heterocycles. The Balaban J connectivity index is 2.09. The summed E-state index contributed by atoms with van der Waals surface area (Å²) in [6, 6.07) is 5.76. The summed E-state index contributed by atoms with van der Waals surface area (Å²) >= 11 is 3.30. The van der Waals surface area contributed by atoms with Crippen molar-refractivity contribution in [2.45, 2.75) is 11.9 Å². The Hall–Kier alpha value is -0.540. The second-order valence-corrected chi connectivity index (χ2v) is 6.64. The maximum absolute atomic E-state index is 13.0. The van der Waals surface area contributed by atoms with Crippen LogP contribution in [-0.2, 0) is 29.6 Å². The van der Waals surface area contributed by atoms with Crippen molar-refractivity contribution in [3.8, 4) is 0 Å². The van der Waals surface area contributed by atoms with E-state index in [-0.39, 0.29) is 19.0 Å².